The highest BCUT2D eigenvalue weighted by Crippen LogP contribution is 2.24. The van der Waals surface area contributed by atoms with E-state index in [1.54, 1.807) is 29.6 Å². The van der Waals surface area contributed by atoms with E-state index in [0.717, 1.165) is 12.0 Å². The topological polar surface area (TPSA) is 75.4 Å². The minimum Gasteiger partial charge on any atom is -0.508 e. The van der Waals surface area contributed by atoms with Gasteiger partial charge < -0.3 is 16.2 Å². The van der Waals surface area contributed by atoms with E-state index in [1.165, 1.54) is 11.3 Å². The number of carbonyl (C=O) groups is 1. The molecule has 0 saturated heterocycles. The number of anilines is 2. The quantitative estimate of drug-likeness (QED) is 0.796. The molecule has 1 aromatic heterocycles. The normalized spacial score (nSPS) is 10.3. The number of phenolic OH excluding ortho intramolecular Hbond substituents is 1. The van der Waals surface area contributed by atoms with Gasteiger partial charge in [-0.05, 0) is 29.5 Å². The lowest BCUT2D eigenvalue weighted by atomic mass is 10.1. The van der Waals surface area contributed by atoms with Crippen molar-refractivity contribution in [1.29, 1.82) is 0 Å². The fourth-order valence-corrected chi connectivity index (χ4v) is 2.35. The van der Waals surface area contributed by atoms with Crippen molar-refractivity contribution >= 4 is 28.6 Å². The van der Waals surface area contributed by atoms with Gasteiger partial charge in [0.05, 0.1) is 5.69 Å². The van der Waals surface area contributed by atoms with Crippen molar-refractivity contribution < 1.29 is 9.90 Å². The van der Waals surface area contributed by atoms with Gasteiger partial charge in [-0.1, -0.05) is 13.0 Å². The number of aromatic hydroxyl groups is 1. The molecule has 0 aliphatic heterocycles. The zero-order valence-electron chi connectivity index (χ0n) is 9.93. The predicted molar refractivity (Wildman–Crippen MR) is 74.2 cm³/mol. The van der Waals surface area contributed by atoms with Crippen LogP contribution in [0.15, 0.2) is 29.6 Å². The van der Waals surface area contributed by atoms with E-state index in [4.69, 9.17) is 5.73 Å². The molecule has 1 heterocycles. The zero-order chi connectivity index (χ0) is 13.1. The van der Waals surface area contributed by atoms with E-state index in [1.807, 2.05) is 6.92 Å². The molecule has 1 aromatic carbocycles. The van der Waals surface area contributed by atoms with Crippen LogP contribution in [0, 0.1) is 0 Å². The average molecular weight is 262 g/mol. The summed E-state index contributed by atoms with van der Waals surface area (Å²) in [6.07, 6.45) is 0.748. The highest BCUT2D eigenvalue weighted by molar-refractivity contribution is 7.12. The highest BCUT2D eigenvalue weighted by Gasteiger charge is 2.11. The van der Waals surface area contributed by atoms with Gasteiger partial charge in [-0.15, -0.1) is 11.3 Å². The SMILES string of the molecule is CCc1ccc(NC(=O)c2sccc2N)cc1O. The van der Waals surface area contributed by atoms with Crippen molar-refractivity contribution in [3.8, 4) is 5.75 Å². The molecule has 2 aromatic rings. The van der Waals surface area contributed by atoms with Crippen LogP contribution in [0.3, 0.4) is 0 Å². The first kappa shape index (κ1) is 12.4. The van der Waals surface area contributed by atoms with Crippen molar-refractivity contribution in [2.24, 2.45) is 0 Å². The van der Waals surface area contributed by atoms with E-state index in [-0.39, 0.29) is 11.7 Å². The lowest BCUT2D eigenvalue weighted by molar-refractivity contribution is 0.103. The largest absolute Gasteiger partial charge is 0.508 e. The molecule has 1 amide bonds. The van der Waals surface area contributed by atoms with E-state index in [9.17, 15) is 9.90 Å². The molecule has 4 N–H and O–H groups in total. The van der Waals surface area contributed by atoms with Crippen LogP contribution in [0.1, 0.15) is 22.2 Å². The number of benzene rings is 1. The summed E-state index contributed by atoms with van der Waals surface area (Å²) < 4.78 is 0. The Morgan fingerprint density at radius 2 is 2.22 bits per heavy atom. The van der Waals surface area contributed by atoms with Gasteiger partial charge in [-0.3, -0.25) is 4.79 Å². The summed E-state index contributed by atoms with van der Waals surface area (Å²) in [6.45, 7) is 1.96. The fraction of sp³-hybridized carbons (Fsp3) is 0.154. The first-order valence-electron chi connectivity index (χ1n) is 5.58. The first-order chi connectivity index (χ1) is 8.61. The molecular weight excluding hydrogens is 248 g/mol. The summed E-state index contributed by atoms with van der Waals surface area (Å²) in [5.74, 6) is -0.0689. The minimum atomic E-state index is -0.258. The van der Waals surface area contributed by atoms with E-state index >= 15 is 0 Å². The number of hydrogen-bond donors (Lipinski definition) is 3. The number of amides is 1. The van der Waals surface area contributed by atoms with Crippen LogP contribution in [0.5, 0.6) is 5.75 Å². The van der Waals surface area contributed by atoms with Crippen molar-refractivity contribution in [1.82, 2.24) is 0 Å². The maximum absolute atomic E-state index is 11.9. The minimum absolute atomic E-state index is 0.189. The summed E-state index contributed by atoms with van der Waals surface area (Å²) in [5.41, 5.74) is 7.54. The number of nitrogens with one attached hydrogen (secondary N) is 1. The molecule has 0 unspecified atom stereocenters. The van der Waals surface area contributed by atoms with Crippen LogP contribution in [0.4, 0.5) is 11.4 Å². The maximum Gasteiger partial charge on any atom is 0.267 e. The van der Waals surface area contributed by atoms with Crippen molar-refractivity contribution in [3.05, 3.63) is 40.1 Å². The molecule has 18 heavy (non-hydrogen) atoms. The Kier molecular flexibility index (Phi) is 3.53. The fourth-order valence-electron chi connectivity index (χ4n) is 1.63. The Morgan fingerprint density at radius 3 is 2.78 bits per heavy atom. The van der Waals surface area contributed by atoms with E-state index < -0.39 is 0 Å². The highest BCUT2D eigenvalue weighted by atomic mass is 32.1. The third-order valence-electron chi connectivity index (χ3n) is 2.63. The first-order valence-corrected chi connectivity index (χ1v) is 6.46. The van der Waals surface area contributed by atoms with Gasteiger partial charge in [0.1, 0.15) is 10.6 Å². The monoisotopic (exact) mass is 262 g/mol. The van der Waals surface area contributed by atoms with Crippen molar-refractivity contribution in [3.63, 3.8) is 0 Å². The van der Waals surface area contributed by atoms with Crippen LogP contribution in [-0.2, 0) is 6.42 Å². The van der Waals surface area contributed by atoms with E-state index in [0.29, 0.717) is 16.3 Å². The third kappa shape index (κ3) is 2.46. The molecule has 0 fully saturated rings. The molecule has 0 atom stereocenters. The number of thiophene rings is 1. The molecule has 0 radical (unpaired) electrons. The lowest BCUT2D eigenvalue weighted by Gasteiger charge is -2.07. The number of carbonyl (C=O) groups excluding carboxylic acids is 1. The number of phenols is 1. The summed E-state index contributed by atoms with van der Waals surface area (Å²) in [7, 11) is 0. The summed E-state index contributed by atoms with van der Waals surface area (Å²) >= 11 is 1.29. The Hall–Kier alpha value is -2.01. The average Bonchev–Trinajstić information content (AvgIpc) is 2.76. The number of nitrogen functional groups attached to an aromatic ring is 1. The zero-order valence-corrected chi connectivity index (χ0v) is 10.8. The molecule has 0 spiro atoms. The molecule has 0 aliphatic rings. The van der Waals surface area contributed by atoms with Gasteiger partial charge in [0.15, 0.2) is 0 Å². The molecule has 0 bridgehead atoms. The third-order valence-corrected chi connectivity index (χ3v) is 3.55. The molecule has 0 saturated carbocycles. The van der Waals surface area contributed by atoms with Crippen LogP contribution < -0.4 is 11.1 Å². The Bertz CT molecular complexity index is 578. The summed E-state index contributed by atoms with van der Waals surface area (Å²) in [6, 6.07) is 6.79. The molecule has 94 valence electrons. The van der Waals surface area contributed by atoms with E-state index in [2.05, 4.69) is 5.32 Å². The van der Waals surface area contributed by atoms with Crippen molar-refractivity contribution in [2.45, 2.75) is 13.3 Å². The Labute approximate surface area is 109 Å². The second kappa shape index (κ2) is 5.10. The van der Waals surface area contributed by atoms with Gasteiger partial charge in [-0.25, -0.2) is 0 Å². The van der Waals surface area contributed by atoms with Crippen LogP contribution >= 0.6 is 11.3 Å². The van der Waals surface area contributed by atoms with Crippen LogP contribution in [0.25, 0.3) is 0 Å². The second-order valence-corrected chi connectivity index (χ2v) is 4.77. The van der Waals surface area contributed by atoms with Crippen molar-refractivity contribution in [2.75, 3.05) is 11.1 Å². The smallest absolute Gasteiger partial charge is 0.267 e. The number of nitrogens with two attached hydrogens (primary N) is 1. The molecule has 2 rings (SSSR count). The number of hydrogen-bond acceptors (Lipinski definition) is 4. The standard InChI is InChI=1S/C13H14N2O2S/c1-2-8-3-4-9(7-11(8)16)15-13(17)12-10(14)5-6-18-12/h3-7,16H,2,14H2,1H3,(H,15,17). The van der Waals surface area contributed by atoms with Gasteiger partial charge >= 0.3 is 0 Å². The molecule has 5 heteroatoms. The van der Waals surface area contributed by atoms with Gasteiger partial charge in [0.25, 0.3) is 5.91 Å². The lowest BCUT2D eigenvalue weighted by Crippen LogP contribution is -2.11. The molecular formula is C13H14N2O2S. The van der Waals surface area contributed by atoms with Gasteiger partial charge in [0, 0.05) is 11.8 Å². The maximum atomic E-state index is 11.9. The summed E-state index contributed by atoms with van der Waals surface area (Å²) in [4.78, 5) is 12.4. The molecule has 0 aliphatic carbocycles. The molecule has 4 nitrogen and oxygen atoms in total. The number of rotatable bonds is 3. The second-order valence-electron chi connectivity index (χ2n) is 3.86. The Morgan fingerprint density at radius 1 is 1.44 bits per heavy atom. The van der Waals surface area contributed by atoms with Crippen LogP contribution in [0.2, 0.25) is 0 Å². The Balaban J connectivity index is 2.17. The summed E-state index contributed by atoms with van der Waals surface area (Å²) in [5, 5.41) is 14.2. The predicted octanol–water partition coefficient (Wildman–Crippen LogP) is 2.85. The number of aryl methyl sites for hydroxylation is 1. The van der Waals surface area contributed by atoms with Crippen LogP contribution in [-0.4, -0.2) is 11.0 Å². The van der Waals surface area contributed by atoms with Gasteiger partial charge in [-0.2, -0.15) is 0 Å². The van der Waals surface area contributed by atoms with Gasteiger partial charge in [0.2, 0.25) is 0 Å².